The smallest absolute Gasteiger partial charge is 0.546 e. The van der Waals surface area contributed by atoms with Gasteiger partial charge >= 0.3 is 109 Å². The van der Waals surface area contributed by atoms with E-state index >= 15 is 0 Å². The van der Waals surface area contributed by atoms with E-state index in [1.54, 1.807) is 0 Å². The summed E-state index contributed by atoms with van der Waals surface area (Å²) in [4.78, 5) is 30.2. The third kappa shape index (κ3) is 8.71. The first kappa shape index (κ1) is 20.8. The first-order valence-electron chi connectivity index (χ1n) is 2.73. The Morgan fingerprint density at radius 1 is 1.14 bits per heavy atom. The molecule has 0 rings (SSSR count). The van der Waals surface area contributed by atoms with Gasteiger partial charge in [-0.25, -0.2) is 4.79 Å². The Morgan fingerprint density at radius 2 is 1.50 bits per heavy atom. The van der Waals surface area contributed by atoms with Crippen LogP contribution in [0.1, 0.15) is 0 Å². The van der Waals surface area contributed by atoms with Crippen molar-refractivity contribution in [3.63, 3.8) is 0 Å². The minimum Gasteiger partial charge on any atom is -0.546 e. The fraction of sp³-hybridized carbons (Fsp3) is 0.167. The van der Waals surface area contributed by atoms with Crippen LogP contribution in [0, 0.1) is 0 Å². The molecule has 0 N–H and O–H groups in total. The predicted molar refractivity (Wildman–Crippen MR) is 30.1 cm³/mol. The van der Waals surface area contributed by atoms with Gasteiger partial charge in [0.25, 0.3) is 0 Å². The van der Waals surface area contributed by atoms with E-state index in [9.17, 15) is 24.6 Å². The van der Waals surface area contributed by atoms with Crippen molar-refractivity contribution in [1.82, 2.24) is 0 Å². The van der Waals surface area contributed by atoms with Crippen molar-refractivity contribution in [2.45, 2.75) is 6.10 Å². The Bertz CT molecular complexity index is 224. The summed E-state index contributed by atoms with van der Waals surface area (Å²) in [6.07, 6.45) is -1.77. The van der Waals surface area contributed by atoms with Gasteiger partial charge in [0.2, 0.25) is 0 Å². The molecule has 0 aromatic carbocycles. The van der Waals surface area contributed by atoms with Crippen LogP contribution >= 0.6 is 0 Å². The number of esters is 1. The summed E-state index contributed by atoms with van der Waals surface area (Å²) in [6.45, 7) is 2.93. The molecule has 0 saturated carbocycles. The average molecular weight is 250 g/mol. The Kier molecular flexibility index (Phi) is 16.2. The van der Waals surface area contributed by atoms with Crippen molar-refractivity contribution in [3.8, 4) is 0 Å². The van der Waals surface area contributed by atoms with E-state index in [0.29, 0.717) is 6.08 Å². The van der Waals surface area contributed by atoms with E-state index in [2.05, 4.69) is 11.3 Å². The van der Waals surface area contributed by atoms with Crippen molar-refractivity contribution < 1.29 is 132 Å². The molecule has 0 aliphatic heterocycles. The monoisotopic (exact) mass is 250 g/mol. The van der Waals surface area contributed by atoms with Gasteiger partial charge in [-0.05, 0) is 0 Å². The molecule has 6 nitrogen and oxygen atoms in total. The van der Waals surface area contributed by atoms with Crippen molar-refractivity contribution in [1.29, 1.82) is 0 Å². The number of rotatable bonds is 4. The molecule has 0 amide bonds. The topological polar surface area (TPSA) is 107 Å². The Balaban J connectivity index is -0.000000605. The normalized spacial score (nSPS) is 7.79. The molecular weight excluding hydrogens is 246 g/mol. The number of aliphatic carboxylic acids is 2. The zero-order valence-electron chi connectivity index (χ0n) is 7.81. The van der Waals surface area contributed by atoms with E-state index in [1.807, 2.05) is 0 Å². The summed E-state index contributed by atoms with van der Waals surface area (Å²) in [7, 11) is 0. The summed E-state index contributed by atoms with van der Waals surface area (Å²) in [5.74, 6) is -5.27. The summed E-state index contributed by atoms with van der Waals surface area (Å²) < 4.78 is 3.84. The third-order valence-corrected chi connectivity index (χ3v) is 0.829. The number of carbonyl (C=O) groups is 3. The van der Waals surface area contributed by atoms with Crippen LogP contribution < -0.4 is 113 Å². The first-order chi connectivity index (χ1) is 5.49. The molecular formula is C6H4K2O6. The maximum Gasteiger partial charge on any atom is 1.00 e. The van der Waals surface area contributed by atoms with Crippen LogP contribution in [0.4, 0.5) is 0 Å². The number of hydrogen-bond donors (Lipinski definition) is 0. The van der Waals surface area contributed by atoms with Crippen molar-refractivity contribution in [2.24, 2.45) is 0 Å². The fourth-order valence-electron chi connectivity index (χ4n) is 0.357. The summed E-state index contributed by atoms with van der Waals surface area (Å²) in [5, 5.41) is 19.9. The largest absolute Gasteiger partial charge is 1.00 e. The second kappa shape index (κ2) is 10.9. The Morgan fingerprint density at radius 3 is 1.71 bits per heavy atom. The molecule has 0 fully saturated rings. The van der Waals surface area contributed by atoms with Gasteiger partial charge < -0.3 is 24.5 Å². The van der Waals surface area contributed by atoms with E-state index in [-0.39, 0.29) is 103 Å². The van der Waals surface area contributed by atoms with Crippen molar-refractivity contribution in [3.05, 3.63) is 12.7 Å². The molecule has 14 heavy (non-hydrogen) atoms. The quantitative estimate of drug-likeness (QED) is 0.212. The Labute approximate surface area is 165 Å². The molecule has 0 aliphatic rings. The zero-order chi connectivity index (χ0) is 9.72. The number of hydrogen-bond acceptors (Lipinski definition) is 6. The molecule has 0 heterocycles. The van der Waals surface area contributed by atoms with Gasteiger partial charge in [0, 0.05) is 6.08 Å². The van der Waals surface area contributed by atoms with E-state index in [4.69, 9.17) is 0 Å². The molecule has 0 aliphatic carbocycles. The van der Waals surface area contributed by atoms with Crippen LogP contribution in [-0.4, -0.2) is 24.0 Å². The second-order valence-corrected chi connectivity index (χ2v) is 1.66. The maximum absolute atomic E-state index is 10.3. The molecule has 0 atom stereocenters. The summed E-state index contributed by atoms with van der Waals surface area (Å²) >= 11 is 0. The minimum absolute atomic E-state index is 0. The second-order valence-electron chi connectivity index (χ2n) is 1.66. The van der Waals surface area contributed by atoms with Crippen LogP contribution in [0.25, 0.3) is 0 Å². The number of carboxylic acids is 2. The number of carboxylic acid groups (broad SMARTS) is 2. The fourth-order valence-corrected chi connectivity index (χ4v) is 0.357. The van der Waals surface area contributed by atoms with Gasteiger partial charge in [-0.15, -0.1) is 0 Å². The molecule has 66 valence electrons. The van der Waals surface area contributed by atoms with Gasteiger partial charge in [0.1, 0.15) is 0 Å². The van der Waals surface area contributed by atoms with Crippen LogP contribution in [0.15, 0.2) is 12.7 Å². The molecule has 0 spiro atoms. The molecule has 0 unspecified atom stereocenters. The van der Waals surface area contributed by atoms with Gasteiger partial charge in [-0.3, -0.25) is 0 Å². The van der Waals surface area contributed by atoms with Gasteiger partial charge in [0.15, 0.2) is 6.10 Å². The Hall–Kier alpha value is 1.42. The zero-order valence-corrected chi connectivity index (χ0v) is 14.1. The molecule has 0 bridgehead atoms. The van der Waals surface area contributed by atoms with Crippen LogP contribution in [0.3, 0.4) is 0 Å². The van der Waals surface area contributed by atoms with E-state index in [0.717, 1.165) is 0 Å². The summed E-state index contributed by atoms with van der Waals surface area (Å²) in [6, 6.07) is 0. The number of ether oxygens (including phenoxy) is 1. The standard InChI is InChI=1S/C6H6O6.2K/c1-2-3(7)12-4(5(8)9)6(10)11;;/h2,4H,1H2,(H,8,9)(H,10,11);;/q;2*+1/p-2. The van der Waals surface area contributed by atoms with Crippen molar-refractivity contribution >= 4 is 17.9 Å². The molecule has 8 heteroatoms. The van der Waals surface area contributed by atoms with E-state index < -0.39 is 24.0 Å². The van der Waals surface area contributed by atoms with E-state index in [1.165, 1.54) is 0 Å². The predicted octanol–water partition coefficient (Wildman–Crippen LogP) is -9.41. The van der Waals surface area contributed by atoms with Crippen LogP contribution in [-0.2, 0) is 19.1 Å². The minimum atomic E-state index is -2.39. The molecule has 0 radical (unpaired) electrons. The van der Waals surface area contributed by atoms with Gasteiger partial charge in [0.05, 0.1) is 11.9 Å². The van der Waals surface area contributed by atoms with Crippen LogP contribution in [0.2, 0.25) is 0 Å². The molecule has 0 saturated heterocycles. The number of carbonyl (C=O) groups excluding carboxylic acids is 3. The van der Waals surface area contributed by atoms with Crippen LogP contribution in [0.5, 0.6) is 0 Å². The average Bonchev–Trinajstić information content (AvgIpc) is 1.98. The van der Waals surface area contributed by atoms with Gasteiger partial charge in [-0.2, -0.15) is 0 Å². The first-order valence-corrected chi connectivity index (χ1v) is 2.73. The maximum atomic E-state index is 10.3. The summed E-state index contributed by atoms with van der Waals surface area (Å²) in [5.41, 5.74) is 0. The third-order valence-electron chi connectivity index (χ3n) is 0.829. The molecule has 0 aromatic rings. The molecule has 0 aromatic heterocycles. The SMILES string of the molecule is C=CC(=O)OC(C(=O)[O-])C(=O)[O-].[K+].[K+]. The van der Waals surface area contributed by atoms with Gasteiger partial charge in [-0.1, -0.05) is 6.58 Å². The van der Waals surface area contributed by atoms with Crippen molar-refractivity contribution in [2.75, 3.05) is 0 Å².